The van der Waals surface area contributed by atoms with Gasteiger partial charge in [0.2, 0.25) is 5.91 Å². The molecule has 0 heterocycles. The van der Waals surface area contributed by atoms with Gasteiger partial charge in [0.05, 0.1) is 5.69 Å². The number of carbonyl (C=O) groups excluding carboxylic acids is 1. The Morgan fingerprint density at radius 3 is 2.42 bits per heavy atom. The molecule has 1 aromatic rings. The van der Waals surface area contributed by atoms with Gasteiger partial charge < -0.3 is 16.3 Å². The van der Waals surface area contributed by atoms with Gasteiger partial charge in [0.1, 0.15) is 5.41 Å². The molecule has 0 fully saturated rings. The largest absolute Gasteiger partial charge is 0.409 e. The van der Waals surface area contributed by atoms with Crippen molar-refractivity contribution in [2.45, 2.75) is 20.3 Å². The Kier molecular flexibility index (Phi) is 5.37. The first kappa shape index (κ1) is 16.0. The molecule has 0 aliphatic heterocycles. The number of nitrogens with two attached hydrogens (primary N) is 1. The third kappa shape index (κ3) is 3.27. The third-order valence-electron chi connectivity index (χ3n) is 3.08. The second kappa shape index (κ2) is 6.38. The fraction of sp³-hybridized carbons (Fsp3) is 0.333. The number of rotatable bonds is 4. The Morgan fingerprint density at radius 2 is 2.00 bits per heavy atom. The molecule has 4 N–H and O–H groups in total. The monoisotopic (exact) mass is 391 g/mol. The van der Waals surface area contributed by atoms with Crippen molar-refractivity contribution in [3.05, 3.63) is 27.1 Å². The second-order valence-electron chi connectivity index (χ2n) is 4.22. The van der Waals surface area contributed by atoms with Crippen LogP contribution in [-0.2, 0) is 4.79 Å². The molecule has 0 aliphatic rings. The van der Waals surface area contributed by atoms with Crippen molar-refractivity contribution < 1.29 is 10.0 Å². The summed E-state index contributed by atoms with van der Waals surface area (Å²) in [4.78, 5) is 12.3. The molecule has 1 amide bonds. The molecule has 1 aromatic carbocycles. The fourth-order valence-electron chi connectivity index (χ4n) is 1.44. The van der Waals surface area contributed by atoms with Crippen molar-refractivity contribution in [2.24, 2.45) is 16.3 Å². The Labute approximate surface area is 128 Å². The Hall–Kier alpha value is -1.08. The summed E-state index contributed by atoms with van der Waals surface area (Å²) in [5.41, 5.74) is 5.15. The maximum atomic E-state index is 12.3. The van der Waals surface area contributed by atoms with Crippen LogP contribution >= 0.6 is 31.9 Å². The molecule has 104 valence electrons. The molecule has 0 aliphatic carbocycles. The van der Waals surface area contributed by atoms with Crippen molar-refractivity contribution in [2.75, 3.05) is 5.32 Å². The molecule has 0 bridgehead atoms. The highest BCUT2D eigenvalue weighted by molar-refractivity contribution is 9.11. The first-order valence-electron chi connectivity index (χ1n) is 5.60. The van der Waals surface area contributed by atoms with Gasteiger partial charge >= 0.3 is 0 Å². The molecule has 0 saturated heterocycles. The van der Waals surface area contributed by atoms with E-state index in [1.54, 1.807) is 13.8 Å². The molecule has 1 atom stereocenters. The summed E-state index contributed by atoms with van der Waals surface area (Å²) >= 11 is 6.73. The van der Waals surface area contributed by atoms with Crippen LogP contribution in [0.4, 0.5) is 5.69 Å². The van der Waals surface area contributed by atoms with E-state index in [-0.39, 0.29) is 11.7 Å². The Morgan fingerprint density at radius 1 is 1.47 bits per heavy atom. The van der Waals surface area contributed by atoms with Gasteiger partial charge in [-0.2, -0.15) is 0 Å². The van der Waals surface area contributed by atoms with Crippen LogP contribution in [-0.4, -0.2) is 17.0 Å². The summed E-state index contributed by atoms with van der Waals surface area (Å²) in [7, 11) is 0. The van der Waals surface area contributed by atoms with Crippen molar-refractivity contribution in [3.8, 4) is 0 Å². The molecule has 1 unspecified atom stereocenters. The van der Waals surface area contributed by atoms with Crippen LogP contribution in [0.25, 0.3) is 0 Å². The summed E-state index contributed by atoms with van der Waals surface area (Å²) in [6, 6.07) is 5.46. The Balaban J connectivity index is 3.09. The zero-order valence-corrected chi connectivity index (χ0v) is 13.7. The van der Waals surface area contributed by atoms with Gasteiger partial charge in [-0.05, 0) is 57.3 Å². The highest BCUT2D eigenvalue weighted by Crippen LogP contribution is 2.33. The van der Waals surface area contributed by atoms with E-state index in [2.05, 4.69) is 42.3 Å². The van der Waals surface area contributed by atoms with Crippen LogP contribution < -0.4 is 11.1 Å². The van der Waals surface area contributed by atoms with Crippen molar-refractivity contribution in [1.29, 1.82) is 0 Å². The number of anilines is 1. The first-order valence-corrected chi connectivity index (χ1v) is 7.19. The molecule has 0 radical (unpaired) electrons. The maximum Gasteiger partial charge on any atom is 0.238 e. The highest BCUT2D eigenvalue weighted by atomic mass is 79.9. The number of amidine groups is 1. The summed E-state index contributed by atoms with van der Waals surface area (Å²) < 4.78 is 1.49. The minimum Gasteiger partial charge on any atom is -0.409 e. The van der Waals surface area contributed by atoms with Crippen molar-refractivity contribution in [3.63, 3.8) is 0 Å². The number of nitrogens with one attached hydrogen (secondary N) is 1. The number of nitrogens with zero attached hydrogens (tertiary/aromatic N) is 1. The number of halogens is 2. The smallest absolute Gasteiger partial charge is 0.238 e. The SMILES string of the molecule is CCC(C)(C(=O)Nc1c(Br)cccc1Br)/C(N)=N/O. The predicted molar refractivity (Wildman–Crippen MR) is 82.3 cm³/mol. The average molecular weight is 393 g/mol. The number of hydrogen-bond donors (Lipinski definition) is 3. The van der Waals surface area contributed by atoms with Gasteiger partial charge in [-0.3, -0.25) is 4.79 Å². The fourth-order valence-corrected chi connectivity index (χ4v) is 2.63. The number of carbonyl (C=O) groups is 1. The van der Waals surface area contributed by atoms with Crippen LogP contribution in [0, 0.1) is 5.41 Å². The lowest BCUT2D eigenvalue weighted by atomic mass is 9.85. The lowest BCUT2D eigenvalue weighted by Crippen LogP contribution is -2.44. The quantitative estimate of drug-likeness (QED) is 0.318. The van der Waals surface area contributed by atoms with Crippen LogP contribution in [0.2, 0.25) is 0 Å². The molecular weight excluding hydrogens is 378 g/mol. The van der Waals surface area contributed by atoms with E-state index in [0.29, 0.717) is 12.1 Å². The van der Waals surface area contributed by atoms with Crippen LogP contribution in [0.3, 0.4) is 0 Å². The van der Waals surface area contributed by atoms with E-state index < -0.39 is 5.41 Å². The number of benzene rings is 1. The third-order valence-corrected chi connectivity index (χ3v) is 4.40. The topological polar surface area (TPSA) is 87.7 Å². The van der Waals surface area contributed by atoms with E-state index in [1.807, 2.05) is 18.2 Å². The highest BCUT2D eigenvalue weighted by Gasteiger charge is 2.36. The van der Waals surface area contributed by atoms with Gasteiger partial charge in [-0.1, -0.05) is 18.1 Å². The average Bonchev–Trinajstić information content (AvgIpc) is 2.40. The van der Waals surface area contributed by atoms with E-state index in [9.17, 15) is 4.79 Å². The van der Waals surface area contributed by atoms with Gasteiger partial charge in [0.25, 0.3) is 0 Å². The zero-order chi connectivity index (χ0) is 14.6. The van der Waals surface area contributed by atoms with E-state index in [0.717, 1.165) is 8.95 Å². The number of para-hydroxylation sites is 1. The van der Waals surface area contributed by atoms with Crippen LogP contribution in [0.5, 0.6) is 0 Å². The summed E-state index contributed by atoms with van der Waals surface area (Å²) in [5, 5.41) is 14.5. The molecule has 7 heteroatoms. The van der Waals surface area contributed by atoms with E-state index in [1.165, 1.54) is 0 Å². The Bertz CT molecular complexity index is 499. The molecule has 5 nitrogen and oxygen atoms in total. The second-order valence-corrected chi connectivity index (χ2v) is 5.93. The minimum atomic E-state index is -1.07. The molecule has 0 saturated carbocycles. The van der Waals surface area contributed by atoms with E-state index in [4.69, 9.17) is 10.9 Å². The molecule has 19 heavy (non-hydrogen) atoms. The number of hydrogen-bond acceptors (Lipinski definition) is 3. The molecular formula is C12H15Br2N3O2. The normalized spacial score (nSPS) is 14.8. The van der Waals surface area contributed by atoms with Crippen molar-refractivity contribution >= 4 is 49.3 Å². The summed E-state index contributed by atoms with van der Waals surface area (Å²) in [6.07, 6.45) is 0.413. The minimum absolute atomic E-state index is 0.115. The van der Waals surface area contributed by atoms with Gasteiger partial charge in [0, 0.05) is 8.95 Å². The van der Waals surface area contributed by atoms with Gasteiger partial charge in [-0.25, -0.2) is 0 Å². The standard InChI is InChI=1S/C12H15Br2N3O2/c1-3-12(2,10(15)17-19)11(18)16-9-7(13)5-4-6-8(9)14/h4-6,19H,3H2,1-2H3,(H2,15,17)(H,16,18). The molecule has 0 aromatic heterocycles. The summed E-state index contributed by atoms with van der Waals surface area (Å²) in [5.74, 6) is -0.450. The van der Waals surface area contributed by atoms with E-state index >= 15 is 0 Å². The van der Waals surface area contributed by atoms with Crippen LogP contribution in [0.15, 0.2) is 32.3 Å². The predicted octanol–water partition coefficient (Wildman–Crippen LogP) is 3.31. The molecule has 0 spiro atoms. The van der Waals surface area contributed by atoms with Crippen molar-refractivity contribution in [1.82, 2.24) is 0 Å². The zero-order valence-electron chi connectivity index (χ0n) is 10.6. The van der Waals surface area contributed by atoms with Gasteiger partial charge in [-0.15, -0.1) is 0 Å². The van der Waals surface area contributed by atoms with Gasteiger partial charge in [0.15, 0.2) is 5.84 Å². The van der Waals surface area contributed by atoms with Crippen LogP contribution in [0.1, 0.15) is 20.3 Å². The number of oxime groups is 1. The molecule has 1 rings (SSSR count). The first-order chi connectivity index (χ1) is 8.86. The number of amides is 1. The lowest BCUT2D eigenvalue weighted by molar-refractivity contribution is -0.121. The lowest BCUT2D eigenvalue weighted by Gasteiger charge is -2.25. The maximum absolute atomic E-state index is 12.3. The summed E-state index contributed by atoms with van der Waals surface area (Å²) in [6.45, 7) is 3.43.